The maximum Gasteiger partial charge on any atom is 0.262 e. The predicted molar refractivity (Wildman–Crippen MR) is 122 cm³/mol. The molecule has 0 saturated carbocycles. The Morgan fingerprint density at radius 2 is 1.80 bits per heavy atom. The SMILES string of the molecule is COc1cccc(-c2cc(OCC(=O)Nc3ccc(Br)cc3)c3ccccc3n2)c1. The summed E-state index contributed by atoms with van der Waals surface area (Å²) >= 11 is 3.38. The molecule has 4 rings (SSSR count). The van der Waals surface area contributed by atoms with E-state index in [4.69, 9.17) is 14.5 Å². The van der Waals surface area contributed by atoms with Crippen molar-refractivity contribution >= 4 is 38.4 Å². The van der Waals surface area contributed by atoms with Crippen LogP contribution in [0.25, 0.3) is 22.2 Å². The molecule has 4 aromatic rings. The second kappa shape index (κ2) is 8.97. The van der Waals surface area contributed by atoms with Crippen LogP contribution < -0.4 is 14.8 Å². The largest absolute Gasteiger partial charge is 0.497 e. The van der Waals surface area contributed by atoms with Gasteiger partial charge in [0, 0.05) is 27.2 Å². The first-order valence-corrected chi connectivity index (χ1v) is 10.1. The highest BCUT2D eigenvalue weighted by molar-refractivity contribution is 9.10. The number of carbonyl (C=O) groups excluding carboxylic acids is 1. The Morgan fingerprint density at radius 1 is 1.00 bits per heavy atom. The van der Waals surface area contributed by atoms with E-state index in [9.17, 15) is 4.79 Å². The van der Waals surface area contributed by atoms with Gasteiger partial charge in [0.25, 0.3) is 5.91 Å². The molecule has 0 bridgehead atoms. The van der Waals surface area contributed by atoms with Crippen LogP contribution in [0.3, 0.4) is 0 Å². The van der Waals surface area contributed by atoms with E-state index in [1.54, 1.807) is 7.11 Å². The van der Waals surface area contributed by atoms with Gasteiger partial charge < -0.3 is 14.8 Å². The lowest BCUT2D eigenvalue weighted by molar-refractivity contribution is -0.118. The zero-order valence-electron chi connectivity index (χ0n) is 16.3. The van der Waals surface area contributed by atoms with Crippen LogP contribution in [0.1, 0.15) is 0 Å². The van der Waals surface area contributed by atoms with Gasteiger partial charge in [0.05, 0.1) is 18.3 Å². The highest BCUT2D eigenvalue weighted by Crippen LogP contribution is 2.31. The molecule has 0 radical (unpaired) electrons. The van der Waals surface area contributed by atoms with Crippen molar-refractivity contribution in [3.8, 4) is 22.8 Å². The molecule has 1 heterocycles. The number of aromatic nitrogens is 1. The number of nitrogens with zero attached hydrogens (tertiary/aromatic N) is 1. The van der Waals surface area contributed by atoms with Crippen molar-refractivity contribution in [1.82, 2.24) is 4.98 Å². The van der Waals surface area contributed by atoms with Crippen molar-refractivity contribution in [1.29, 1.82) is 0 Å². The van der Waals surface area contributed by atoms with Gasteiger partial charge in [-0.15, -0.1) is 0 Å². The van der Waals surface area contributed by atoms with Crippen LogP contribution in [0.15, 0.2) is 83.3 Å². The minimum Gasteiger partial charge on any atom is -0.497 e. The molecule has 0 saturated heterocycles. The highest BCUT2D eigenvalue weighted by atomic mass is 79.9. The number of hydrogen-bond acceptors (Lipinski definition) is 4. The van der Waals surface area contributed by atoms with Crippen LogP contribution in [0.2, 0.25) is 0 Å². The molecule has 0 unspecified atom stereocenters. The summed E-state index contributed by atoms with van der Waals surface area (Å²) in [6.07, 6.45) is 0. The molecule has 0 spiro atoms. The zero-order valence-corrected chi connectivity index (χ0v) is 17.8. The second-order valence-corrected chi connectivity index (χ2v) is 7.51. The van der Waals surface area contributed by atoms with Crippen LogP contribution >= 0.6 is 15.9 Å². The van der Waals surface area contributed by atoms with Gasteiger partial charge in [-0.3, -0.25) is 4.79 Å². The highest BCUT2D eigenvalue weighted by Gasteiger charge is 2.11. The van der Waals surface area contributed by atoms with Gasteiger partial charge >= 0.3 is 0 Å². The molecule has 0 aliphatic heterocycles. The van der Waals surface area contributed by atoms with E-state index in [0.717, 1.165) is 32.4 Å². The molecule has 1 aromatic heterocycles. The second-order valence-electron chi connectivity index (χ2n) is 6.60. The third kappa shape index (κ3) is 4.60. The molecule has 0 fully saturated rings. The summed E-state index contributed by atoms with van der Waals surface area (Å²) in [4.78, 5) is 17.1. The van der Waals surface area contributed by atoms with E-state index in [-0.39, 0.29) is 12.5 Å². The quantitative estimate of drug-likeness (QED) is 0.399. The number of para-hydroxylation sites is 1. The summed E-state index contributed by atoms with van der Waals surface area (Å²) in [6, 6.07) is 24.6. The minimum atomic E-state index is -0.235. The number of carbonyl (C=O) groups is 1. The van der Waals surface area contributed by atoms with E-state index in [2.05, 4.69) is 21.2 Å². The fraction of sp³-hybridized carbons (Fsp3) is 0.0833. The van der Waals surface area contributed by atoms with Crippen LogP contribution in [-0.4, -0.2) is 24.6 Å². The first kappa shape index (κ1) is 19.9. The Balaban J connectivity index is 1.59. The Labute approximate surface area is 182 Å². The lowest BCUT2D eigenvalue weighted by Gasteiger charge is -2.12. The first-order valence-electron chi connectivity index (χ1n) is 9.35. The average Bonchev–Trinajstić information content (AvgIpc) is 2.79. The summed E-state index contributed by atoms with van der Waals surface area (Å²) < 4.78 is 12.2. The summed E-state index contributed by atoms with van der Waals surface area (Å²) in [5, 5.41) is 3.68. The molecule has 1 amide bonds. The van der Waals surface area contributed by atoms with Crippen molar-refractivity contribution in [3.63, 3.8) is 0 Å². The van der Waals surface area contributed by atoms with Crippen LogP contribution in [-0.2, 0) is 4.79 Å². The van der Waals surface area contributed by atoms with Gasteiger partial charge in [-0.05, 0) is 48.5 Å². The van der Waals surface area contributed by atoms with Crippen molar-refractivity contribution in [2.75, 3.05) is 19.0 Å². The fourth-order valence-corrected chi connectivity index (χ4v) is 3.33. The number of rotatable bonds is 6. The maximum atomic E-state index is 12.4. The standard InChI is InChI=1S/C24H19BrN2O3/c1-29-19-6-4-5-16(13-19)22-14-23(20-7-2-3-8-21(20)27-22)30-15-24(28)26-18-11-9-17(25)10-12-18/h2-14H,15H2,1H3,(H,26,28). The minimum absolute atomic E-state index is 0.110. The molecule has 5 nitrogen and oxygen atoms in total. The molecule has 3 aromatic carbocycles. The molecular formula is C24H19BrN2O3. The first-order chi connectivity index (χ1) is 14.6. The number of anilines is 1. The lowest BCUT2D eigenvalue weighted by atomic mass is 10.1. The third-order valence-corrected chi connectivity index (χ3v) is 5.06. The van der Waals surface area contributed by atoms with Crippen LogP contribution in [0.5, 0.6) is 11.5 Å². The predicted octanol–water partition coefficient (Wildman–Crippen LogP) is 5.69. The molecule has 150 valence electrons. The Hall–Kier alpha value is -3.38. The lowest BCUT2D eigenvalue weighted by Crippen LogP contribution is -2.20. The topological polar surface area (TPSA) is 60.5 Å². The molecule has 1 N–H and O–H groups in total. The molecule has 0 atom stereocenters. The number of pyridine rings is 1. The van der Waals surface area contributed by atoms with Crippen LogP contribution in [0.4, 0.5) is 5.69 Å². The van der Waals surface area contributed by atoms with E-state index in [1.807, 2.05) is 78.9 Å². The van der Waals surface area contributed by atoms with E-state index in [1.165, 1.54) is 0 Å². The summed E-state index contributed by atoms with van der Waals surface area (Å²) in [5.41, 5.74) is 3.16. The van der Waals surface area contributed by atoms with Gasteiger partial charge in [0.1, 0.15) is 11.5 Å². The molecule has 0 aliphatic rings. The molecule has 30 heavy (non-hydrogen) atoms. The molecular weight excluding hydrogens is 444 g/mol. The van der Waals surface area contributed by atoms with Crippen LogP contribution in [0, 0.1) is 0 Å². The monoisotopic (exact) mass is 462 g/mol. The fourth-order valence-electron chi connectivity index (χ4n) is 3.07. The third-order valence-electron chi connectivity index (χ3n) is 4.53. The normalized spacial score (nSPS) is 10.6. The van der Waals surface area contributed by atoms with Gasteiger partial charge in [0.2, 0.25) is 0 Å². The van der Waals surface area contributed by atoms with Gasteiger partial charge in [0.15, 0.2) is 6.61 Å². The Morgan fingerprint density at radius 3 is 2.60 bits per heavy atom. The zero-order chi connectivity index (χ0) is 20.9. The number of fused-ring (bicyclic) bond motifs is 1. The number of benzene rings is 3. The molecule has 6 heteroatoms. The number of nitrogens with one attached hydrogen (secondary N) is 1. The number of halogens is 1. The number of methoxy groups -OCH3 is 1. The number of hydrogen-bond donors (Lipinski definition) is 1. The smallest absolute Gasteiger partial charge is 0.262 e. The Kier molecular flexibility index (Phi) is 5.95. The number of amides is 1. The van der Waals surface area contributed by atoms with Gasteiger partial charge in [-0.25, -0.2) is 4.98 Å². The van der Waals surface area contributed by atoms with Gasteiger partial charge in [-0.1, -0.05) is 40.2 Å². The van der Waals surface area contributed by atoms with E-state index < -0.39 is 0 Å². The number of ether oxygens (including phenoxy) is 2. The summed E-state index contributed by atoms with van der Waals surface area (Å²) in [6.45, 7) is -0.110. The van der Waals surface area contributed by atoms with Crippen molar-refractivity contribution < 1.29 is 14.3 Å². The van der Waals surface area contributed by atoms with Crippen molar-refractivity contribution in [3.05, 3.63) is 83.3 Å². The molecule has 0 aliphatic carbocycles. The van der Waals surface area contributed by atoms with Crippen molar-refractivity contribution in [2.45, 2.75) is 0 Å². The maximum absolute atomic E-state index is 12.4. The van der Waals surface area contributed by atoms with Crippen molar-refractivity contribution in [2.24, 2.45) is 0 Å². The summed E-state index contributed by atoms with van der Waals surface area (Å²) in [7, 11) is 1.63. The van der Waals surface area contributed by atoms with E-state index >= 15 is 0 Å². The van der Waals surface area contributed by atoms with Gasteiger partial charge in [-0.2, -0.15) is 0 Å². The van der Waals surface area contributed by atoms with E-state index in [0.29, 0.717) is 11.4 Å². The average molecular weight is 463 g/mol. The Bertz CT molecular complexity index is 1190. The summed E-state index contributed by atoms with van der Waals surface area (Å²) in [5.74, 6) is 1.12.